The topological polar surface area (TPSA) is 6.48 Å². The first-order valence-electron chi connectivity index (χ1n) is 7.05. The van der Waals surface area contributed by atoms with Gasteiger partial charge in [-0.15, -0.1) is 0 Å². The molecule has 2 rings (SSSR count). The molecule has 1 heterocycles. The van der Waals surface area contributed by atoms with Gasteiger partial charge in [0.15, 0.2) is 0 Å². The third kappa shape index (κ3) is 3.31. The lowest BCUT2D eigenvalue weighted by Crippen LogP contribution is -2.40. The summed E-state index contributed by atoms with van der Waals surface area (Å²) in [5.74, 6) is -0.912. The van der Waals surface area contributed by atoms with E-state index in [1.807, 2.05) is 4.90 Å². The van der Waals surface area contributed by atoms with E-state index >= 15 is 0 Å². The molecule has 0 spiro atoms. The molecule has 0 radical (unpaired) electrons. The third-order valence-corrected chi connectivity index (χ3v) is 4.54. The molecule has 0 N–H and O–H groups in total. The van der Waals surface area contributed by atoms with Gasteiger partial charge < -0.3 is 9.80 Å². The highest BCUT2D eigenvalue weighted by Crippen LogP contribution is 2.29. The summed E-state index contributed by atoms with van der Waals surface area (Å²) in [4.78, 5) is 4.14. The molecular weight excluding hydrogens is 326 g/mol. The van der Waals surface area contributed by atoms with Crippen LogP contribution in [0.25, 0.3) is 0 Å². The quantitative estimate of drug-likeness (QED) is 0.768. The molecule has 20 heavy (non-hydrogen) atoms. The molecule has 1 saturated heterocycles. The van der Waals surface area contributed by atoms with Gasteiger partial charge in [-0.05, 0) is 44.1 Å². The highest BCUT2D eigenvalue weighted by molar-refractivity contribution is 9.08. The molecule has 1 aliphatic heterocycles. The maximum absolute atomic E-state index is 14.3. The second-order valence-corrected chi connectivity index (χ2v) is 5.97. The summed E-state index contributed by atoms with van der Waals surface area (Å²) < 4.78 is 28.6. The first-order valence-corrected chi connectivity index (χ1v) is 8.18. The smallest absolute Gasteiger partial charge is 0.149 e. The monoisotopic (exact) mass is 346 g/mol. The number of rotatable bonds is 3. The standard InChI is InChI=1S/C15H21BrF2N2/c1-3-12-10-19(2)5-4-6-20(12)15-13(17)7-11(9-16)8-14(15)18/h7-8,12H,3-6,9-10H2,1-2H3. The van der Waals surface area contributed by atoms with Crippen LogP contribution in [-0.4, -0.2) is 37.6 Å². The Hall–Kier alpha value is -0.680. The second kappa shape index (κ2) is 6.85. The first-order chi connectivity index (χ1) is 9.56. The Morgan fingerprint density at radius 2 is 1.90 bits per heavy atom. The molecule has 1 fully saturated rings. The van der Waals surface area contributed by atoms with Crippen LogP contribution < -0.4 is 4.90 Å². The number of nitrogens with zero attached hydrogens (tertiary/aromatic N) is 2. The fraction of sp³-hybridized carbons (Fsp3) is 0.600. The molecule has 1 aliphatic rings. The fourth-order valence-corrected chi connectivity index (χ4v) is 3.18. The van der Waals surface area contributed by atoms with Gasteiger partial charge in [0.1, 0.15) is 17.3 Å². The number of anilines is 1. The Morgan fingerprint density at radius 1 is 1.25 bits per heavy atom. The number of alkyl halides is 1. The van der Waals surface area contributed by atoms with Gasteiger partial charge in [0, 0.05) is 24.5 Å². The van der Waals surface area contributed by atoms with E-state index in [1.54, 1.807) is 0 Å². The lowest BCUT2D eigenvalue weighted by molar-refractivity contribution is 0.327. The molecule has 0 aliphatic carbocycles. The number of likely N-dealkylation sites (N-methyl/N-ethyl adjacent to an activating group) is 1. The van der Waals surface area contributed by atoms with Crippen LogP contribution in [0.15, 0.2) is 12.1 Å². The zero-order valence-corrected chi connectivity index (χ0v) is 13.6. The SMILES string of the molecule is CCC1CN(C)CCCN1c1c(F)cc(CBr)cc1F. The predicted molar refractivity (Wildman–Crippen MR) is 82.5 cm³/mol. The minimum absolute atomic E-state index is 0.136. The van der Waals surface area contributed by atoms with Gasteiger partial charge in [0.2, 0.25) is 0 Å². The van der Waals surface area contributed by atoms with Crippen molar-refractivity contribution in [2.24, 2.45) is 0 Å². The van der Waals surface area contributed by atoms with Crippen molar-refractivity contribution in [3.63, 3.8) is 0 Å². The van der Waals surface area contributed by atoms with Crippen molar-refractivity contribution in [2.45, 2.75) is 31.1 Å². The van der Waals surface area contributed by atoms with E-state index in [2.05, 4.69) is 34.8 Å². The summed E-state index contributed by atoms with van der Waals surface area (Å²) in [5.41, 5.74) is 0.764. The lowest BCUT2D eigenvalue weighted by atomic mass is 10.1. The summed E-state index contributed by atoms with van der Waals surface area (Å²) in [6, 6.07) is 3.00. The summed E-state index contributed by atoms with van der Waals surface area (Å²) in [6.07, 6.45) is 1.80. The van der Waals surface area contributed by atoms with Gasteiger partial charge in [-0.2, -0.15) is 0 Å². The number of hydrogen-bond acceptors (Lipinski definition) is 2. The van der Waals surface area contributed by atoms with Crippen molar-refractivity contribution in [3.8, 4) is 0 Å². The summed E-state index contributed by atoms with van der Waals surface area (Å²) in [7, 11) is 2.06. The lowest BCUT2D eigenvalue weighted by Gasteiger charge is -2.32. The molecule has 5 heteroatoms. The van der Waals surface area contributed by atoms with E-state index < -0.39 is 11.6 Å². The molecule has 0 saturated carbocycles. The zero-order chi connectivity index (χ0) is 14.7. The van der Waals surface area contributed by atoms with Crippen molar-refractivity contribution in [2.75, 3.05) is 31.6 Å². The van der Waals surface area contributed by atoms with E-state index in [1.165, 1.54) is 12.1 Å². The Morgan fingerprint density at radius 3 is 2.45 bits per heavy atom. The van der Waals surface area contributed by atoms with E-state index in [0.717, 1.165) is 25.9 Å². The van der Waals surface area contributed by atoms with E-state index in [0.29, 0.717) is 17.4 Å². The van der Waals surface area contributed by atoms with Gasteiger partial charge in [0.05, 0.1) is 0 Å². The van der Waals surface area contributed by atoms with Gasteiger partial charge in [-0.25, -0.2) is 8.78 Å². The van der Waals surface area contributed by atoms with Crippen LogP contribution in [0.2, 0.25) is 0 Å². The van der Waals surface area contributed by atoms with Crippen LogP contribution in [-0.2, 0) is 5.33 Å². The number of benzene rings is 1. The Bertz CT molecular complexity index is 444. The van der Waals surface area contributed by atoms with Crippen molar-refractivity contribution in [1.82, 2.24) is 4.90 Å². The molecule has 0 bridgehead atoms. The normalized spacial score (nSPS) is 21.1. The van der Waals surface area contributed by atoms with Gasteiger partial charge in [-0.1, -0.05) is 22.9 Å². The van der Waals surface area contributed by atoms with Crippen LogP contribution >= 0.6 is 15.9 Å². The molecular formula is C15H21BrF2N2. The van der Waals surface area contributed by atoms with Crippen LogP contribution in [0, 0.1) is 11.6 Å². The summed E-state index contributed by atoms with van der Waals surface area (Å²) in [6.45, 7) is 4.58. The largest absolute Gasteiger partial charge is 0.362 e. The van der Waals surface area contributed by atoms with E-state index in [4.69, 9.17) is 0 Å². The van der Waals surface area contributed by atoms with Crippen molar-refractivity contribution in [3.05, 3.63) is 29.3 Å². The van der Waals surface area contributed by atoms with Crippen molar-refractivity contribution >= 4 is 21.6 Å². The molecule has 2 nitrogen and oxygen atoms in total. The third-order valence-electron chi connectivity index (χ3n) is 3.89. The van der Waals surface area contributed by atoms with E-state index in [-0.39, 0.29) is 11.7 Å². The Labute approximate surface area is 127 Å². The molecule has 0 aromatic heterocycles. The molecule has 1 unspecified atom stereocenters. The highest BCUT2D eigenvalue weighted by Gasteiger charge is 2.27. The maximum atomic E-state index is 14.3. The van der Waals surface area contributed by atoms with Gasteiger partial charge in [0.25, 0.3) is 0 Å². The summed E-state index contributed by atoms with van der Waals surface area (Å²) in [5, 5.41) is 0.459. The van der Waals surface area contributed by atoms with Crippen molar-refractivity contribution in [1.29, 1.82) is 0 Å². The minimum Gasteiger partial charge on any atom is -0.362 e. The minimum atomic E-state index is -0.456. The van der Waals surface area contributed by atoms with E-state index in [9.17, 15) is 8.78 Å². The summed E-state index contributed by atoms with van der Waals surface area (Å²) >= 11 is 3.24. The molecule has 112 valence electrons. The van der Waals surface area contributed by atoms with Crippen LogP contribution in [0.4, 0.5) is 14.5 Å². The molecule has 1 aromatic rings. The average Bonchev–Trinajstić information content (AvgIpc) is 2.59. The Balaban J connectivity index is 2.37. The molecule has 1 aromatic carbocycles. The highest BCUT2D eigenvalue weighted by atomic mass is 79.9. The van der Waals surface area contributed by atoms with Crippen molar-refractivity contribution < 1.29 is 8.78 Å². The zero-order valence-electron chi connectivity index (χ0n) is 12.0. The number of hydrogen-bond donors (Lipinski definition) is 0. The molecule has 0 amide bonds. The average molecular weight is 347 g/mol. The molecule has 1 atom stereocenters. The Kier molecular flexibility index (Phi) is 5.38. The van der Waals surface area contributed by atoms with Gasteiger partial charge in [-0.3, -0.25) is 0 Å². The predicted octanol–water partition coefficient (Wildman–Crippen LogP) is 3.78. The first kappa shape index (κ1) is 15.7. The maximum Gasteiger partial charge on any atom is 0.149 e. The van der Waals surface area contributed by atoms with Crippen LogP contribution in [0.5, 0.6) is 0 Å². The van der Waals surface area contributed by atoms with Gasteiger partial charge >= 0.3 is 0 Å². The van der Waals surface area contributed by atoms with Crippen LogP contribution in [0.3, 0.4) is 0 Å². The fourth-order valence-electron chi connectivity index (χ4n) is 2.86. The van der Waals surface area contributed by atoms with Crippen LogP contribution in [0.1, 0.15) is 25.3 Å². The number of halogens is 3. The second-order valence-electron chi connectivity index (χ2n) is 5.41.